The summed E-state index contributed by atoms with van der Waals surface area (Å²) >= 11 is 0. The Morgan fingerprint density at radius 3 is 2.75 bits per heavy atom. The Hall–Kier alpha value is -0.795. The topological polar surface area (TPSA) is 9.23 Å². The number of hydrogen-bond acceptors (Lipinski definition) is 1. The molecule has 0 atom stereocenters. The lowest BCUT2D eigenvalue weighted by Crippen LogP contribution is -2.08. The molecule has 1 heterocycles. The number of hydrogen-bond donors (Lipinski definition) is 0. The summed E-state index contributed by atoms with van der Waals surface area (Å²) in [6.45, 7) is 0. The third-order valence-corrected chi connectivity index (χ3v) is 0.715. The summed E-state index contributed by atoms with van der Waals surface area (Å²) < 4.78 is 27.6. The second-order valence-corrected chi connectivity index (χ2v) is 1.32. The number of allylic oxidation sites excluding steroid dienone is 2. The molecular formula is C4H3BF2O. The fourth-order valence-electron chi connectivity index (χ4n) is 0.405. The first-order valence-corrected chi connectivity index (χ1v) is 2.14. The van der Waals surface area contributed by atoms with E-state index in [-0.39, 0.29) is 0 Å². The first kappa shape index (κ1) is 5.34. The number of rotatable bonds is 0. The van der Waals surface area contributed by atoms with E-state index in [4.69, 9.17) is 0 Å². The summed E-state index contributed by atoms with van der Waals surface area (Å²) in [5.41, 5.74) is 0. The number of halogens is 2. The summed E-state index contributed by atoms with van der Waals surface area (Å²) in [5, 5.41) is 0. The SMILES string of the molecule is FB1C=CC=C(F)O1. The van der Waals surface area contributed by atoms with Gasteiger partial charge >= 0.3 is 7.19 Å². The van der Waals surface area contributed by atoms with Crippen molar-refractivity contribution in [3.05, 3.63) is 24.1 Å². The lowest BCUT2D eigenvalue weighted by Gasteiger charge is -2.02. The molecule has 1 aliphatic heterocycles. The van der Waals surface area contributed by atoms with E-state index >= 15 is 0 Å². The maximum Gasteiger partial charge on any atom is 0.595 e. The molecule has 0 fully saturated rings. The van der Waals surface area contributed by atoms with Gasteiger partial charge < -0.3 is 4.65 Å². The second kappa shape index (κ2) is 1.98. The zero-order valence-electron chi connectivity index (χ0n) is 3.97. The minimum absolute atomic E-state index is 0.875. The standard InChI is InChI=1S/C4H3BF2O/c6-4-2-1-3-5(7)8-4/h1-3H. The summed E-state index contributed by atoms with van der Waals surface area (Å²) in [4.78, 5) is 0. The highest BCUT2D eigenvalue weighted by molar-refractivity contribution is 6.50. The van der Waals surface area contributed by atoms with Gasteiger partial charge in [-0.3, -0.25) is 4.32 Å². The molecule has 4 heteroatoms. The molecule has 0 radical (unpaired) electrons. The molecule has 0 spiro atoms. The van der Waals surface area contributed by atoms with Crippen LogP contribution in [0, 0.1) is 0 Å². The van der Waals surface area contributed by atoms with Gasteiger partial charge in [-0.2, -0.15) is 4.39 Å². The van der Waals surface area contributed by atoms with Crippen molar-refractivity contribution in [1.29, 1.82) is 0 Å². The van der Waals surface area contributed by atoms with E-state index in [1.807, 2.05) is 0 Å². The lowest BCUT2D eigenvalue weighted by atomic mass is 9.93. The highest BCUT2D eigenvalue weighted by Crippen LogP contribution is 2.08. The van der Waals surface area contributed by atoms with Gasteiger partial charge in [0.25, 0.3) is 6.01 Å². The predicted octanol–water partition coefficient (Wildman–Crippen LogP) is 1.38. The van der Waals surface area contributed by atoms with E-state index in [0.29, 0.717) is 0 Å². The average Bonchev–Trinajstić information content (AvgIpc) is 1.64. The third kappa shape index (κ3) is 1.09. The molecule has 0 saturated heterocycles. The van der Waals surface area contributed by atoms with Crippen molar-refractivity contribution in [2.45, 2.75) is 0 Å². The minimum Gasteiger partial charge on any atom is -0.508 e. The predicted molar refractivity (Wildman–Crippen MR) is 26.3 cm³/mol. The van der Waals surface area contributed by atoms with Gasteiger partial charge in [0, 0.05) is 6.08 Å². The van der Waals surface area contributed by atoms with Crippen molar-refractivity contribution in [2.24, 2.45) is 0 Å². The first-order chi connectivity index (χ1) is 3.79. The van der Waals surface area contributed by atoms with Crippen LogP contribution in [0.15, 0.2) is 24.1 Å². The Bertz CT molecular complexity index is 143. The molecule has 0 bridgehead atoms. The second-order valence-electron chi connectivity index (χ2n) is 1.32. The molecule has 42 valence electrons. The van der Waals surface area contributed by atoms with Gasteiger partial charge in [-0.05, 0) is 5.98 Å². The van der Waals surface area contributed by atoms with Crippen molar-refractivity contribution in [3.63, 3.8) is 0 Å². The normalized spacial score (nSPS) is 17.8. The smallest absolute Gasteiger partial charge is 0.508 e. The van der Waals surface area contributed by atoms with Crippen molar-refractivity contribution in [3.8, 4) is 0 Å². The van der Waals surface area contributed by atoms with Crippen LogP contribution in [0.1, 0.15) is 0 Å². The minimum atomic E-state index is -1.61. The van der Waals surface area contributed by atoms with Crippen LogP contribution in [0.2, 0.25) is 0 Å². The van der Waals surface area contributed by atoms with Gasteiger partial charge in [-0.25, -0.2) is 0 Å². The molecule has 0 aromatic heterocycles. The molecule has 0 unspecified atom stereocenters. The van der Waals surface area contributed by atoms with Gasteiger partial charge in [-0.1, -0.05) is 6.08 Å². The third-order valence-electron chi connectivity index (χ3n) is 0.715. The summed E-state index contributed by atoms with van der Waals surface area (Å²) in [6.07, 6.45) is 2.32. The van der Waals surface area contributed by atoms with Crippen LogP contribution in [-0.4, -0.2) is 7.19 Å². The fraction of sp³-hybridized carbons (Fsp3) is 0. The van der Waals surface area contributed by atoms with Crippen molar-refractivity contribution in [2.75, 3.05) is 0 Å². The van der Waals surface area contributed by atoms with Crippen molar-refractivity contribution >= 4 is 7.19 Å². The Morgan fingerprint density at radius 1 is 1.62 bits per heavy atom. The highest BCUT2D eigenvalue weighted by atomic mass is 19.1. The molecule has 1 rings (SSSR count). The summed E-state index contributed by atoms with van der Waals surface area (Å²) in [6, 6.07) is -0.875. The monoisotopic (exact) mass is 116 g/mol. The van der Waals surface area contributed by atoms with Gasteiger partial charge in [0.1, 0.15) is 0 Å². The maximum absolute atomic E-state index is 11.8. The Kier molecular flexibility index (Phi) is 1.33. The van der Waals surface area contributed by atoms with Crippen LogP contribution < -0.4 is 0 Å². The van der Waals surface area contributed by atoms with Crippen LogP contribution in [-0.2, 0) is 4.65 Å². The quantitative estimate of drug-likeness (QED) is 0.434. The Labute approximate surface area is 45.8 Å². The molecular weight excluding hydrogens is 113 g/mol. The van der Waals surface area contributed by atoms with Gasteiger partial charge in [0.2, 0.25) is 0 Å². The van der Waals surface area contributed by atoms with E-state index in [2.05, 4.69) is 4.65 Å². The Balaban J connectivity index is 2.59. The van der Waals surface area contributed by atoms with Crippen LogP contribution in [0.4, 0.5) is 8.71 Å². The van der Waals surface area contributed by atoms with E-state index in [1.165, 1.54) is 6.08 Å². The van der Waals surface area contributed by atoms with Crippen LogP contribution >= 0.6 is 0 Å². The van der Waals surface area contributed by atoms with Crippen molar-refractivity contribution < 1.29 is 13.4 Å². The molecule has 0 saturated carbocycles. The van der Waals surface area contributed by atoms with Gasteiger partial charge in [0.05, 0.1) is 0 Å². The van der Waals surface area contributed by atoms with Gasteiger partial charge in [0.15, 0.2) is 0 Å². The van der Waals surface area contributed by atoms with Crippen molar-refractivity contribution in [1.82, 2.24) is 0 Å². The zero-order chi connectivity index (χ0) is 5.98. The Morgan fingerprint density at radius 2 is 2.38 bits per heavy atom. The zero-order valence-corrected chi connectivity index (χ0v) is 3.97. The fourth-order valence-corrected chi connectivity index (χ4v) is 0.405. The molecule has 0 aromatic rings. The summed E-state index contributed by atoms with van der Waals surface area (Å²) in [7, 11) is -1.61. The molecule has 1 aliphatic rings. The average molecular weight is 116 g/mol. The van der Waals surface area contributed by atoms with E-state index in [1.54, 1.807) is 0 Å². The molecule has 8 heavy (non-hydrogen) atoms. The maximum atomic E-state index is 11.8. The van der Waals surface area contributed by atoms with E-state index in [0.717, 1.165) is 12.1 Å². The first-order valence-electron chi connectivity index (χ1n) is 2.14. The molecule has 0 aliphatic carbocycles. The molecule has 1 nitrogen and oxygen atoms in total. The molecule has 0 amide bonds. The molecule has 0 aromatic carbocycles. The van der Waals surface area contributed by atoms with Gasteiger partial charge in [-0.15, -0.1) is 0 Å². The van der Waals surface area contributed by atoms with E-state index < -0.39 is 13.2 Å². The molecule has 0 N–H and O–H groups in total. The van der Waals surface area contributed by atoms with Crippen LogP contribution in [0.5, 0.6) is 0 Å². The largest absolute Gasteiger partial charge is 0.595 e. The van der Waals surface area contributed by atoms with Crippen LogP contribution in [0.25, 0.3) is 0 Å². The lowest BCUT2D eigenvalue weighted by molar-refractivity contribution is 0.285. The van der Waals surface area contributed by atoms with Crippen LogP contribution in [0.3, 0.4) is 0 Å². The van der Waals surface area contributed by atoms with E-state index in [9.17, 15) is 8.71 Å². The highest BCUT2D eigenvalue weighted by Gasteiger charge is 2.16. The summed E-state index contributed by atoms with van der Waals surface area (Å²) in [5.74, 6) is 1.11.